The van der Waals surface area contributed by atoms with E-state index < -0.39 is 0 Å². The van der Waals surface area contributed by atoms with E-state index in [1.807, 2.05) is 29.2 Å². The van der Waals surface area contributed by atoms with E-state index in [1.54, 1.807) is 0 Å². The molecule has 0 aliphatic carbocycles. The highest BCUT2D eigenvalue weighted by atomic mass is 16.2. The Balaban J connectivity index is 1.98. The zero-order valence-electron chi connectivity index (χ0n) is 12.0. The second-order valence-corrected chi connectivity index (χ2v) is 5.21. The molecule has 1 aliphatic heterocycles. The summed E-state index contributed by atoms with van der Waals surface area (Å²) in [6.07, 6.45) is 0. The molecule has 0 saturated carbocycles. The summed E-state index contributed by atoms with van der Waals surface area (Å²) < 4.78 is 0. The van der Waals surface area contributed by atoms with Gasteiger partial charge in [-0.15, -0.1) is 0 Å². The number of carbonyl (C=O) groups is 2. The smallest absolute Gasteiger partial charge is 0.253 e. The van der Waals surface area contributed by atoms with Gasteiger partial charge in [0.2, 0.25) is 5.91 Å². The highest BCUT2D eigenvalue weighted by Crippen LogP contribution is 2.10. The molecule has 2 amide bonds. The van der Waals surface area contributed by atoms with Crippen LogP contribution in [0.25, 0.3) is 0 Å². The van der Waals surface area contributed by atoms with Crippen LogP contribution >= 0.6 is 0 Å². The zero-order chi connectivity index (χ0) is 14.5. The van der Waals surface area contributed by atoms with E-state index in [4.69, 9.17) is 0 Å². The molecule has 1 saturated heterocycles. The Morgan fingerprint density at radius 2 is 2.05 bits per heavy atom. The quantitative estimate of drug-likeness (QED) is 0.856. The van der Waals surface area contributed by atoms with Crippen molar-refractivity contribution in [2.24, 2.45) is 0 Å². The number of hydrogen-bond acceptors (Lipinski definition) is 3. The second kappa shape index (κ2) is 6.52. The van der Waals surface area contributed by atoms with Gasteiger partial charge in [-0.25, -0.2) is 0 Å². The van der Waals surface area contributed by atoms with Crippen LogP contribution in [0.1, 0.15) is 29.8 Å². The molecule has 20 heavy (non-hydrogen) atoms. The molecule has 0 spiro atoms. The van der Waals surface area contributed by atoms with Crippen LogP contribution in [0.4, 0.5) is 0 Å². The van der Waals surface area contributed by atoms with Crippen molar-refractivity contribution in [3.63, 3.8) is 0 Å². The maximum absolute atomic E-state index is 12.4. The summed E-state index contributed by atoms with van der Waals surface area (Å²) in [7, 11) is 0. The summed E-state index contributed by atoms with van der Waals surface area (Å²) in [6, 6.07) is 7.76. The molecule has 1 aliphatic rings. The van der Waals surface area contributed by atoms with Gasteiger partial charge in [0.05, 0.1) is 0 Å². The molecule has 0 aromatic heterocycles. The minimum Gasteiger partial charge on any atom is -0.352 e. The molecule has 1 fully saturated rings. The molecular weight excluding hydrogens is 254 g/mol. The lowest BCUT2D eigenvalue weighted by atomic mass is 10.1. The molecule has 1 aromatic rings. The topological polar surface area (TPSA) is 61.4 Å². The standard InChI is InChI=1S/C15H21N3O2/c1-11-10-18(8-7-16-11)15(20)14-5-3-13(4-6-14)9-17-12(2)19/h3-6,11,16H,7-10H2,1-2H3,(H,17,19). The van der Waals surface area contributed by atoms with E-state index in [-0.39, 0.29) is 11.8 Å². The predicted octanol–water partition coefficient (Wildman–Crippen LogP) is 0.757. The molecule has 5 heteroatoms. The van der Waals surface area contributed by atoms with Gasteiger partial charge in [0.1, 0.15) is 0 Å². The van der Waals surface area contributed by atoms with Crippen molar-refractivity contribution in [2.75, 3.05) is 19.6 Å². The van der Waals surface area contributed by atoms with E-state index in [0.717, 1.165) is 25.2 Å². The fraction of sp³-hybridized carbons (Fsp3) is 0.467. The van der Waals surface area contributed by atoms with Gasteiger partial charge in [-0.2, -0.15) is 0 Å². The summed E-state index contributed by atoms with van der Waals surface area (Å²) in [5, 5.41) is 6.06. The Kier molecular flexibility index (Phi) is 4.74. The van der Waals surface area contributed by atoms with Gasteiger partial charge in [0.25, 0.3) is 5.91 Å². The lowest BCUT2D eigenvalue weighted by Crippen LogP contribution is -2.51. The third kappa shape index (κ3) is 3.81. The molecule has 1 aromatic carbocycles. The molecule has 108 valence electrons. The van der Waals surface area contributed by atoms with Crippen molar-refractivity contribution < 1.29 is 9.59 Å². The Hall–Kier alpha value is -1.88. The Morgan fingerprint density at radius 1 is 1.35 bits per heavy atom. The first kappa shape index (κ1) is 14.5. The normalized spacial score (nSPS) is 18.7. The van der Waals surface area contributed by atoms with Gasteiger partial charge in [-0.1, -0.05) is 12.1 Å². The zero-order valence-corrected chi connectivity index (χ0v) is 12.0. The van der Waals surface area contributed by atoms with Crippen LogP contribution in [0.3, 0.4) is 0 Å². The maximum atomic E-state index is 12.4. The number of carbonyl (C=O) groups excluding carboxylic acids is 2. The first-order valence-electron chi connectivity index (χ1n) is 6.92. The predicted molar refractivity (Wildman–Crippen MR) is 77.3 cm³/mol. The molecule has 2 N–H and O–H groups in total. The van der Waals surface area contributed by atoms with E-state index in [2.05, 4.69) is 17.6 Å². The van der Waals surface area contributed by atoms with Crippen LogP contribution in [0.15, 0.2) is 24.3 Å². The van der Waals surface area contributed by atoms with Crippen LogP contribution in [-0.4, -0.2) is 42.4 Å². The Morgan fingerprint density at radius 3 is 2.65 bits per heavy atom. The van der Waals surface area contributed by atoms with Crippen LogP contribution in [-0.2, 0) is 11.3 Å². The van der Waals surface area contributed by atoms with E-state index >= 15 is 0 Å². The summed E-state index contributed by atoms with van der Waals surface area (Å²) in [4.78, 5) is 25.1. The monoisotopic (exact) mass is 275 g/mol. The van der Waals surface area contributed by atoms with Gasteiger partial charge >= 0.3 is 0 Å². The summed E-state index contributed by atoms with van der Waals surface area (Å²) in [6.45, 7) is 6.39. The number of piperazine rings is 1. The lowest BCUT2D eigenvalue weighted by Gasteiger charge is -2.32. The number of benzene rings is 1. The minimum absolute atomic E-state index is 0.0556. The third-order valence-corrected chi connectivity index (χ3v) is 3.40. The van der Waals surface area contributed by atoms with Crippen LogP contribution in [0.2, 0.25) is 0 Å². The van der Waals surface area contributed by atoms with Crippen molar-refractivity contribution in [1.29, 1.82) is 0 Å². The van der Waals surface area contributed by atoms with Crippen molar-refractivity contribution in [2.45, 2.75) is 26.4 Å². The molecule has 1 heterocycles. The maximum Gasteiger partial charge on any atom is 0.253 e. The third-order valence-electron chi connectivity index (χ3n) is 3.40. The van der Waals surface area contributed by atoms with Crippen LogP contribution < -0.4 is 10.6 Å². The number of hydrogen-bond donors (Lipinski definition) is 2. The van der Waals surface area contributed by atoms with E-state index in [0.29, 0.717) is 18.2 Å². The van der Waals surface area contributed by atoms with Crippen molar-refractivity contribution in [1.82, 2.24) is 15.5 Å². The summed E-state index contributed by atoms with van der Waals surface area (Å²) in [5.41, 5.74) is 1.69. The largest absolute Gasteiger partial charge is 0.352 e. The van der Waals surface area contributed by atoms with E-state index in [1.165, 1.54) is 6.92 Å². The first-order valence-corrected chi connectivity index (χ1v) is 6.92. The Bertz CT molecular complexity index is 484. The minimum atomic E-state index is -0.0556. The molecule has 1 atom stereocenters. The number of rotatable bonds is 3. The van der Waals surface area contributed by atoms with Gasteiger partial charge in [-0.05, 0) is 24.6 Å². The molecule has 1 unspecified atom stereocenters. The highest BCUT2D eigenvalue weighted by molar-refractivity contribution is 5.94. The average molecular weight is 275 g/mol. The van der Waals surface area contributed by atoms with Gasteiger partial charge in [-0.3, -0.25) is 9.59 Å². The molecule has 0 radical (unpaired) electrons. The first-order chi connectivity index (χ1) is 9.56. The van der Waals surface area contributed by atoms with E-state index in [9.17, 15) is 9.59 Å². The Labute approximate surface area is 119 Å². The fourth-order valence-electron chi connectivity index (χ4n) is 2.29. The highest BCUT2D eigenvalue weighted by Gasteiger charge is 2.21. The fourth-order valence-corrected chi connectivity index (χ4v) is 2.29. The average Bonchev–Trinajstić information content (AvgIpc) is 2.45. The molecular formula is C15H21N3O2. The second-order valence-electron chi connectivity index (χ2n) is 5.21. The molecule has 0 bridgehead atoms. The number of amides is 2. The molecule has 5 nitrogen and oxygen atoms in total. The van der Waals surface area contributed by atoms with Crippen molar-refractivity contribution >= 4 is 11.8 Å². The van der Waals surface area contributed by atoms with Crippen LogP contribution in [0, 0.1) is 0 Å². The number of nitrogens with zero attached hydrogens (tertiary/aromatic N) is 1. The van der Waals surface area contributed by atoms with Gasteiger partial charge in [0, 0.05) is 44.7 Å². The number of nitrogens with one attached hydrogen (secondary N) is 2. The van der Waals surface area contributed by atoms with Crippen molar-refractivity contribution in [3.8, 4) is 0 Å². The summed E-state index contributed by atoms with van der Waals surface area (Å²) in [5.74, 6) is 0.0179. The van der Waals surface area contributed by atoms with Crippen LogP contribution in [0.5, 0.6) is 0 Å². The lowest BCUT2D eigenvalue weighted by molar-refractivity contribution is -0.119. The van der Waals surface area contributed by atoms with Gasteiger partial charge < -0.3 is 15.5 Å². The SMILES string of the molecule is CC(=O)NCc1ccc(C(=O)N2CCNC(C)C2)cc1. The summed E-state index contributed by atoms with van der Waals surface area (Å²) >= 11 is 0. The molecule has 2 rings (SSSR count). The van der Waals surface area contributed by atoms with Crippen molar-refractivity contribution in [3.05, 3.63) is 35.4 Å². The van der Waals surface area contributed by atoms with Gasteiger partial charge in [0.15, 0.2) is 0 Å².